The Bertz CT molecular complexity index is 749. The summed E-state index contributed by atoms with van der Waals surface area (Å²) in [7, 11) is 0. The molecule has 0 bridgehead atoms. The quantitative estimate of drug-likeness (QED) is 0.909. The highest BCUT2D eigenvalue weighted by atomic mass is 19.1. The first-order chi connectivity index (χ1) is 12.0. The summed E-state index contributed by atoms with van der Waals surface area (Å²) in [6.45, 7) is 2.64. The Hall–Kier alpha value is -2.76. The van der Waals surface area contributed by atoms with E-state index in [2.05, 4.69) is 10.3 Å². The number of carbonyl (C=O) groups excluding carboxylic acids is 2. The number of hydrogen-bond acceptors (Lipinski definition) is 3. The summed E-state index contributed by atoms with van der Waals surface area (Å²) in [5.74, 6) is -0.887. The molecule has 25 heavy (non-hydrogen) atoms. The molecule has 2 heterocycles. The van der Waals surface area contributed by atoms with Gasteiger partial charge in [0.25, 0.3) is 0 Å². The van der Waals surface area contributed by atoms with Gasteiger partial charge < -0.3 is 10.2 Å². The monoisotopic (exact) mass is 341 g/mol. The summed E-state index contributed by atoms with van der Waals surface area (Å²) in [4.78, 5) is 30.5. The average molecular weight is 341 g/mol. The van der Waals surface area contributed by atoms with Gasteiger partial charge in [0.2, 0.25) is 11.8 Å². The lowest BCUT2D eigenvalue weighted by Gasteiger charge is -2.18. The van der Waals surface area contributed by atoms with Crippen LogP contribution in [0.15, 0.2) is 48.7 Å². The number of nitrogens with zero attached hydrogens (tertiary/aromatic N) is 2. The Morgan fingerprint density at radius 3 is 2.76 bits per heavy atom. The van der Waals surface area contributed by atoms with Crippen molar-refractivity contribution in [2.45, 2.75) is 25.9 Å². The molecule has 1 aliphatic heterocycles. The number of aromatic nitrogens is 1. The molecule has 6 heteroatoms. The normalized spacial score (nSPS) is 18.2. The molecule has 0 saturated carbocycles. The van der Waals surface area contributed by atoms with E-state index < -0.39 is 0 Å². The molecule has 1 fully saturated rings. The zero-order valence-corrected chi connectivity index (χ0v) is 14.0. The van der Waals surface area contributed by atoms with Gasteiger partial charge in [-0.1, -0.05) is 18.2 Å². The number of amides is 2. The van der Waals surface area contributed by atoms with Gasteiger partial charge in [0.05, 0.1) is 24.2 Å². The fraction of sp³-hybridized carbons (Fsp3) is 0.316. The molecule has 0 spiro atoms. The van der Waals surface area contributed by atoms with Crippen molar-refractivity contribution >= 4 is 11.8 Å². The molecular formula is C19H20FN3O2. The topological polar surface area (TPSA) is 62.3 Å². The molecule has 0 aliphatic carbocycles. The third-order valence-electron chi connectivity index (χ3n) is 4.39. The number of pyridine rings is 1. The van der Waals surface area contributed by atoms with E-state index in [-0.39, 0.29) is 36.0 Å². The Labute approximate surface area is 145 Å². The zero-order valence-electron chi connectivity index (χ0n) is 14.0. The third kappa shape index (κ3) is 4.21. The third-order valence-corrected chi connectivity index (χ3v) is 4.39. The predicted molar refractivity (Wildman–Crippen MR) is 90.7 cm³/mol. The van der Waals surface area contributed by atoms with E-state index in [1.54, 1.807) is 23.2 Å². The lowest BCUT2D eigenvalue weighted by Crippen LogP contribution is -2.34. The van der Waals surface area contributed by atoms with Crippen molar-refractivity contribution in [2.24, 2.45) is 5.92 Å². The molecule has 2 atom stereocenters. The summed E-state index contributed by atoms with van der Waals surface area (Å²) >= 11 is 0. The second kappa shape index (κ2) is 7.42. The van der Waals surface area contributed by atoms with Crippen LogP contribution in [0.4, 0.5) is 4.39 Å². The highest BCUT2D eigenvalue weighted by Gasteiger charge is 2.34. The fourth-order valence-corrected chi connectivity index (χ4v) is 2.95. The molecule has 0 radical (unpaired) electrons. The van der Waals surface area contributed by atoms with Gasteiger partial charge in [-0.15, -0.1) is 0 Å². The number of carbonyl (C=O) groups is 2. The van der Waals surface area contributed by atoms with E-state index in [1.165, 1.54) is 12.1 Å². The predicted octanol–water partition coefficient (Wildman–Crippen LogP) is 2.45. The average Bonchev–Trinajstić information content (AvgIpc) is 2.97. The van der Waals surface area contributed by atoms with Gasteiger partial charge in [0.15, 0.2) is 0 Å². The number of likely N-dealkylation sites (tertiary alicyclic amines) is 1. The van der Waals surface area contributed by atoms with Gasteiger partial charge in [-0.25, -0.2) is 4.39 Å². The molecule has 1 aromatic heterocycles. The first-order valence-corrected chi connectivity index (χ1v) is 8.26. The molecule has 2 aromatic rings. The lowest BCUT2D eigenvalue weighted by atomic mass is 10.0. The van der Waals surface area contributed by atoms with Crippen LogP contribution in [0.5, 0.6) is 0 Å². The zero-order chi connectivity index (χ0) is 17.8. The van der Waals surface area contributed by atoms with Crippen LogP contribution in [0, 0.1) is 11.7 Å². The number of benzene rings is 1. The summed E-state index contributed by atoms with van der Waals surface area (Å²) in [6.07, 6.45) is 1.89. The van der Waals surface area contributed by atoms with Gasteiger partial charge in [0, 0.05) is 19.2 Å². The van der Waals surface area contributed by atoms with Crippen molar-refractivity contribution in [2.75, 3.05) is 6.54 Å². The van der Waals surface area contributed by atoms with E-state index in [0.29, 0.717) is 13.1 Å². The van der Waals surface area contributed by atoms with Gasteiger partial charge in [0.1, 0.15) is 5.82 Å². The SMILES string of the molecule is CC(NC(=O)C1CC(=O)N(Cc2ccccn2)C1)c1ccc(F)cc1. The van der Waals surface area contributed by atoms with Crippen LogP contribution in [0.25, 0.3) is 0 Å². The van der Waals surface area contributed by atoms with E-state index in [1.807, 2.05) is 25.1 Å². The van der Waals surface area contributed by atoms with Crippen molar-refractivity contribution in [1.29, 1.82) is 0 Å². The number of hydrogen-bond donors (Lipinski definition) is 1. The minimum atomic E-state index is -0.376. The summed E-state index contributed by atoms with van der Waals surface area (Å²) in [6, 6.07) is 11.3. The van der Waals surface area contributed by atoms with Crippen molar-refractivity contribution in [3.05, 3.63) is 65.7 Å². The molecule has 1 aliphatic rings. The second-order valence-electron chi connectivity index (χ2n) is 6.28. The van der Waals surface area contributed by atoms with Crippen molar-refractivity contribution in [3.8, 4) is 0 Å². The Kier molecular flexibility index (Phi) is 5.07. The van der Waals surface area contributed by atoms with Crippen LogP contribution in [0.3, 0.4) is 0 Å². The van der Waals surface area contributed by atoms with E-state index in [0.717, 1.165) is 11.3 Å². The van der Waals surface area contributed by atoms with Gasteiger partial charge in [-0.2, -0.15) is 0 Å². The van der Waals surface area contributed by atoms with Crippen LogP contribution in [-0.2, 0) is 16.1 Å². The maximum Gasteiger partial charge on any atom is 0.225 e. The minimum Gasteiger partial charge on any atom is -0.349 e. The minimum absolute atomic E-state index is 0.0414. The van der Waals surface area contributed by atoms with Crippen LogP contribution in [0.2, 0.25) is 0 Å². The molecule has 3 rings (SSSR count). The first-order valence-electron chi connectivity index (χ1n) is 8.26. The highest BCUT2D eigenvalue weighted by molar-refractivity contribution is 5.89. The standard InChI is InChI=1S/C19H20FN3O2/c1-13(14-5-7-16(20)8-6-14)22-19(25)15-10-18(24)23(11-15)12-17-4-2-3-9-21-17/h2-9,13,15H,10-12H2,1H3,(H,22,25). The highest BCUT2D eigenvalue weighted by Crippen LogP contribution is 2.21. The molecule has 130 valence electrons. The Morgan fingerprint density at radius 1 is 1.32 bits per heavy atom. The molecular weight excluding hydrogens is 321 g/mol. The molecule has 1 saturated heterocycles. The van der Waals surface area contributed by atoms with Crippen molar-refractivity contribution in [1.82, 2.24) is 15.2 Å². The van der Waals surface area contributed by atoms with Crippen molar-refractivity contribution in [3.63, 3.8) is 0 Å². The summed E-state index contributed by atoms with van der Waals surface area (Å²) < 4.78 is 13.0. The van der Waals surface area contributed by atoms with Crippen molar-refractivity contribution < 1.29 is 14.0 Å². The summed E-state index contributed by atoms with van der Waals surface area (Å²) in [5.41, 5.74) is 1.63. The Balaban J connectivity index is 1.58. The maximum atomic E-state index is 13.0. The summed E-state index contributed by atoms with van der Waals surface area (Å²) in [5, 5.41) is 2.91. The second-order valence-corrected chi connectivity index (χ2v) is 6.28. The van der Waals surface area contributed by atoms with Gasteiger partial charge in [-0.05, 0) is 36.8 Å². The van der Waals surface area contributed by atoms with Gasteiger partial charge in [-0.3, -0.25) is 14.6 Å². The van der Waals surface area contributed by atoms with E-state index in [9.17, 15) is 14.0 Å². The van der Waals surface area contributed by atoms with Crippen LogP contribution in [0.1, 0.15) is 30.6 Å². The van der Waals surface area contributed by atoms with E-state index >= 15 is 0 Å². The lowest BCUT2D eigenvalue weighted by molar-refractivity contribution is -0.129. The number of nitrogens with one attached hydrogen (secondary N) is 1. The smallest absolute Gasteiger partial charge is 0.225 e. The largest absolute Gasteiger partial charge is 0.349 e. The number of halogens is 1. The van der Waals surface area contributed by atoms with Gasteiger partial charge >= 0.3 is 0 Å². The maximum absolute atomic E-state index is 13.0. The molecule has 1 aromatic carbocycles. The van der Waals surface area contributed by atoms with Crippen LogP contribution < -0.4 is 5.32 Å². The fourth-order valence-electron chi connectivity index (χ4n) is 2.95. The molecule has 2 amide bonds. The number of rotatable bonds is 5. The van der Waals surface area contributed by atoms with E-state index in [4.69, 9.17) is 0 Å². The molecule has 5 nitrogen and oxygen atoms in total. The molecule has 1 N–H and O–H groups in total. The molecule has 2 unspecified atom stereocenters. The van der Waals surface area contributed by atoms with Crippen LogP contribution in [-0.4, -0.2) is 28.2 Å². The van der Waals surface area contributed by atoms with Crippen LogP contribution >= 0.6 is 0 Å². The first kappa shape index (κ1) is 17.1. The Morgan fingerprint density at radius 2 is 2.08 bits per heavy atom.